The lowest BCUT2D eigenvalue weighted by Crippen LogP contribution is -2.60. The number of amides is 2. The predicted molar refractivity (Wildman–Crippen MR) is 110 cm³/mol. The van der Waals surface area contributed by atoms with Crippen molar-refractivity contribution in [2.24, 2.45) is 0 Å². The molecule has 5 rings (SSSR count). The Morgan fingerprint density at radius 2 is 2.23 bits per heavy atom. The molecule has 0 radical (unpaired) electrons. The minimum atomic E-state index is -1.13. The fourth-order valence-corrected chi connectivity index (χ4v) is 5.04. The monoisotopic (exact) mass is 423 g/mol. The first-order valence-corrected chi connectivity index (χ1v) is 10.8. The van der Waals surface area contributed by atoms with Gasteiger partial charge in [-0.2, -0.15) is 11.3 Å². The van der Waals surface area contributed by atoms with E-state index in [0.29, 0.717) is 26.2 Å². The highest BCUT2D eigenvalue weighted by Crippen LogP contribution is 2.42. The lowest BCUT2D eigenvalue weighted by Gasteiger charge is -2.42. The molecule has 0 saturated carbocycles. The number of hydrogen-bond donors (Lipinski definition) is 0. The number of hydrogen-bond acceptors (Lipinski definition) is 6. The molecule has 5 heterocycles. The number of aromatic nitrogens is 1. The van der Waals surface area contributed by atoms with E-state index in [4.69, 9.17) is 9.15 Å². The standard InChI is InChI=1S/C22H21N3O4S/c26-20(19-4-2-8-28-19)25-13-18(17-3-1-6-23-11-17)22(15-25)21(27)24(7-9-29-22)12-16-5-10-30-14-16/h1-6,8,10-11,14,18H,7,9,12-13,15H2/t18-,22+/m1/s1. The normalized spacial score (nSPS) is 24.0. The molecule has 2 aliphatic heterocycles. The fraction of sp³-hybridized carbons (Fsp3) is 0.318. The Hall–Kier alpha value is -2.97. The van der Waals surface area contributed by atoms with E-state index in [2.05, 4.69) is 10.4 Å². The molecule has 30 heavy (non-hydrogen) atoms. The van der Waals surface area contributed by atoms with Crippen LogP contribution in [0.2, 0.25) is 0 Å². The van der Waals surface area contributed by atoms with Gasteiger partial charge in [0.25, 0.3) is 11.8 Å². The molecule has 3 aromatic rings. The highest BCUT2D eigenvalue weighted by atomic mass is 32.1. The van der Waals surface area contributed by atoms with Crippen LogP contribution in [-0.4, -0.2) is 58.4 Å². The molecule has 0 aromatic carbocycles. The van der Waals surface area contributed by atoms with E-state index in [9.17, 15) is 9.59 Å². The van der Waals surface area contributed by atoms with Gasteiger partial charge in [0.05, 0.1) is 19.4 Å². The Morgan fingerprint density at radius 3 is 2.97 bits per heavy atom. The minimum absolute atomic E-state index is 0.0800. The summed E-state index contributed by atoms with van der Waals surface area (Å²) in [7, 11) is 0. The van der Waals surface area contributed by atoms with E-state index in [1.165, 1.54) is 6.26 Å². The van der Waals surface area contributed by atoms with E-state index in [1.807, 2.05) is 28.5 Å². The van der Waals surface area contributed by atoms with Gasteiger partial charge < -0.3 is 19.0 Å². The lowest BCUT2D eigenvalue weighted by atomic mass is 9.83. The molecule has 2 aliphatic rings. The summed E-state index contributed by atoms with van der Waals surface area (Å²) < 4.78 is 11.5. The van der Waals surface area contributed by atoms with Gasteiger partial charge in [-0.15, -0.1) is 0 Å². The maximum atomic E-state index is 13.7. The molecular weight excluding hydrogens is 402 g/mol. The third-order valence-corrected chi connectivity index (χ3v) is 6.55. The molecule has 8 heteroatoms. The molecule has 3 aromatic heterocycles. The number of pyridine rings is 1. The molecule has 0 bridgehead atoms. The quantitative estimate of drug-likeness (QED) is 0.645. The predicted octanol–water partition coefficient (Wildman–Crippen LogP) is 2.77. The summed E-state index contributed by atoms with van der Waals surface area (Å²) in [5.74, 6) is -0.362. The van der Waals surface area contributed by atoms with Crippen molar-refractivity contribution in [2.75, 3.05) is 26.2 Å². The van der Waals surface area contributed by atoms with E-state index in [1.54, 1.807) is 40.8 Å². The van der Waals surface area contributed by atoms with E-state index >= 15 is 0 Å². The zero-order chi connectivity index (χ0) is 20.6. The summed E-state index contributed by atoms with van der Waals surface area (Å²) in [6.07, 6.45) is 4.92. The van der Waals surface area contributed by atoms with Gasteiger partial charge in [-0.05, 0) is 46.2 Å². The van der Waals surface area contributed by atoms with Crippen LogP contribution in [-0.2, 0) is 16.1 Å². The molecule has 0 N–H and O–H groups in total. The maximum Gasteiger partial charge on any atom is 0.289 e. The largest absolute Gasteiger partial charge is 0.459 e. The average Bonchev–Trinajstić information content (AvgIpc) is 3.53. The van der Waals surface area contributed by atoms with Gasteiger partial charge in [0.1, 0.15) is 0 Å². The smallest absolute Gasteiger partial charge is 0.289 e. The first-order valence-electron chi connectivity index (χ1n) is 9.84. The number of carbonyl (C=O) groups is 2. The van der Waals surface area contributed by atoms with Gasteiger partial charge in [0.15, 0.2) is 11.4 Å². The molecule has 0 unspecified atom stereocenters. The van der Waals surface area contributed by atoms with Crippen LogP contribution in [0.1, 0.15) is 27.6 Å². The highest BCUT2D eigenvalue weighted by molar-refractivity contribution is 7.07. The number of carbonyl (C=O) groups excluding carboxylic acids is 2. The van der Waals surface area contributed by atoms with Gasteiger partial charge in [-0.25, -0.2) is 0 Å². The zero-order valence-corrected chi connectivity index (χ0v) is 17.1. The van der Waals surface area contributed by atoms with Crippen molar-refractivity contribution in [3.8, 4) is 0 Å². The SMILES string of the molecule is O=C(c1ccco1)N1C[C@H](c2cccnc2)[C@]2(C1)OCCN(Cc1ccsc1)C2=O. The summed E-state index contributed by atoms with van der Waals surface area (Å²) in [6.45, 7) is 2.05. The van der Waals surface area contributed by atoms with E-state index in [0.717, 1.165) is 11.1 Å². The average molecular weight is 423 g/mol. The molecule has 0 aliphatic carbocycles. The maximum absolute atomic E-state index is 13.7. The number of likely N-dealkylation sites (tertiary alicyclic amines) is 1. The van der Waals surface area contributed by atoms with Gasteiger partial charge in [-0.1, -0.05) is 6.07 Å². The second kappa shape index (κ2) is 7.70. The molecule has 2 amide bonds. The van der Waals surface area contributed by atoms with Gasteiger partial charge in [0, 0.05) is 37.9 Å². The van der Waals surface area contributed by atoms with Crippen molar-refractivity contribution in [3.05, 3.63) is 76.6 Å². The number of morpholine rings is 1. The summed E-state index contributed by atoms with van der Waals surface area (Å²) in [6, 6.07) is 9.13. The third-order valence-electron chi connectivity index (χ3n) is 5.82. The molecule has 7 nitrogen and oxygen atoms in total. The molecule has 154 valence electrons. The summed E-state index contributed by atoms with van der Waals surface area (Å²) in [5.41, 5.74) is 0.863. The van der Waals surface area contributed by atoms with Crippen LogP contribution >= 0.6 is 11.3 Å². The van der Waals surface area contributed by atoms with E-state index in [-0.39, 0.29) is 30.0 Å². The van der Waals surface area contributed by atoms with Crippen molar-refractivity contribution < 1.29 is 18.7 Å². The lowest BCUT2D eigenvalue weighted by molar-refractivity contribution is -0.172. The Balaban J connectivity index is 1.49. The molecule has 2 fully saturated rings. The van der Waals surface area contributed by atoms with Gasteiger partial charge in [-0.3, -0.25) is 14.6 Å². The van der Waals surface area contributed by atoms with Crippen LogP contribution in [0, 0.1) is 0 Å². The first kappa shape index (κ1) is 19.0. The summed E-state index contributed by atoms with van der Waals surface area (Å²) in [4.78, 5) is 34.5. The second-order valence-electron chi connectivity index (χ2n) is 7.60. The van der Waals surface area contributed by atoms with Gasteiger partial charge >= 0.3 is 0 Å². The van der Waals surface area contributed by atoms with Crippen molar-refractivity contribution in [1.29, 1.82) is 0 Å². The van der Waals surface area contributed by atoms with Crippen molar-refractivity contribution >= 4 is 23.2 Å². The van der Waals surface area contributed by atoms with Crippen LogP contribution in [0.5, 0.6) is 0 Å². The Labute approximate surface area is 177 Å². The molecule has 2 saturated heterocycles. The Kier molecular flexibility index (Phi) is 4.88. The topological polar surface area (TPSA) is 75.9 Å². The zero-order valence-electron chi connectivity index (χ0n) is 16.3. The molecule has 1 spiro atoms. The van der Waals surface area contributed by atoms with Crippen molar-refractivity contribution in [2.45, 2.75) is 18.1 Å². The third kappa shape index (κ3) is 3.22. The number of nitrogens with zero attached hydrogens (tertiary/aromatic N) is 3. The van der Waals surface area contributed by atoms with Gasteiger partial charge in [0.2, 0.25) is 0 Å². The van der Waals surface area contributed by atoms with Crippen LogP contribution in [0.4, 0.5) is 0 Å². The Morgan fingerprint density at radius 1 is 1.30 bits per heavy atom. The number of rotatable bonds is 4. The first-order chi connectivity index (χ1) is 14.7. The van der Waals surface area contributed by atoms with Crippen LogP contribution in [0.25, 0.3) is 0 Å². The van der Waals surface area contributed by atoms with Crippen LogP contribution in [0.3, 0.4) is 0 Å². The summed E-state index contributed by atoms with van der Waals surface area (Å²) >= 11 is 1.61. The van der Waals surface area contributed by atoms with Crippen LogP contribution in [0.15, 0.2) is 64.2 Å². The second-order valence-corrected chi connectivity index (χ2v) is 8.38. The van der Waals surface area contributed by atoms with Crippen molar-refractivity contribution in [1.82, 2.24) is 14.8 Å². The van der Waals surface area contributed by atoms with Crippen molar-refractivity contribution in [3.63, 3.8) is 0 Å². The molecular formula is C22H21N3O4S. The molecule has 2 atom stereocenters. The van der Waals surface area contributed by atoms with E-state index < -0.39 is 5.60 Å². The number of thiophene rings is 1. The summed E-state index contributed by atoms with van der Waals surface area (Å²) in [5, 5.41) is 4.06. The number of ether oxygens (including phenoxy) is 1. The number of furan rings is 1. The van der Waals surface area contributed by atoms with Crippen LogP contribution < -0.4 is 0 Å². The fourth-order valence-electron chi connectivity index (χ4n) is 4.38. The highest BCUT2D eigenvalue weighted by Gasteiger charge is 2.58. The minimum Gasteiger partial charge on any atom is -0.459 e. The Bertz CT molecular complexity index is 1020.